The number of pyridine rings is 1. The number of aliphatic imine (C=N–C) groups is 1. The van der Waals surface area contributed by atoms with Gasteiger partial charge in [-0.25, -0.2) is 9.97 Å². The Labute approximate surface area is 556 Å². The van der Waals surface area contributed by atoms with Crippen LogP contribution in [0.5, 0.6) is 0 Å². The minimum absolute atomic E-state index is 0.663. The van der Waals surface area contributed by atoms with Crippen LogP contribution in [0.15, 0.2) is 309 Å². The van der Waals surface area contributed by atoms with Crippen LogP contribution in [-0.2, 0) is 73.2 Å². The second-order valence-corrected chi connectivity index (χ2v) is 23.4. The maximum absolute atomic E-state index is 5.12. The third-order valence-electron chi connectivity index (χ3n) is 15.3. The van der Waals surface area contributed by atoms with Crippen LogP contribution in [0.25, 0.3) is 17.8 Å². The molecular formula is C72H74N14O6S2. The number of hydrogen-bond acceptors (Lipinski definition) is 16. The molecule has 0 amide bonds. The third kappa shape index (κ3) is 17.8. The number of fused-ring (bicyclic) bond motifs is 11. The van der Waals surface area contributed by atoms with Crippen molar-refractivity contribution in [3.05, 3.63) is 333 Å². The van der Waals surface area contributed by atoms with Gasteiger partial charge in [-0.3, -0.25) is 4.99 Å². The first-order valence-electron chi connectivity index (χ1n) is 30.7. The van der Waals surface area contributed by atoms with Crippen LogP contribution in [-0.4, -0.2) is 107 Å². The lowest BCUT2D eigenvalue weighted by atomic mass is 10.3. The molecule has 22 heterocycles. The van der Waals surface area contributed by atoms with E-state index in [-0.39, 0.29) is 0 Å². The van der Waals surface area contributed by atoms with Crippen LogP contribution in [0, 0.1) is 0 Å². The second kappa shape index (κ2) is 33.5. The van der Waals surface area contributed by atoms with Crippen molar-refractivity contribution in [2.24, 2.45) is 4.99 Å². The zero-order valence-corrected chi connectivity index (χ0v) is 53.6. The highest BCUT2D eigenvalue weighted by Gasteiger charge is 2.17. The predicted molar refractivity (Wildman–Crippen MR) is 371 cm³/mol. The van der Waals surface area contributed by atoms with Crippen molar-refractivity contribution in [1.82, 2.24) is 61.7 Å². The molecule has 0 atom stereocenters. The molecule has 0 aromatic carbocycles. The molecule has 0 fully saturated rings. The lowest BCUT2D eigenvalue weighted by Crippen LogP contribution is -2.14. The first-order chi connectivity index (χ1) is 46.6. The van der Waals surface area contributed by atoms with Crippen molar-refractivity contribution in [2.75, 3.05) is 39.0 Å². The van der Waals surface area contributed by atoms with Crippen LogP contribution >= 0.6 is 23.5 Å². The molecule has 0 saturated heterocycles. The number of aromatic nitrogens is 8. The van der Waals surface area contributed by atoms with Gasteiger partial charge < -0.3 is 80.2 Å². The number of hydrogen-bond donors (Lipinski definition) is 0. The Bertz CT molecular complexity index is 3980. The zero-order valence-electron chi connectivity index (χ0n) is 51.9. The molecule has 15 aliphatic heterocycles. The topological polar surface area (TPSA) is 139 Å². The summed E-state index contributed by atoms with van der Waals surface area (Å²) in [5.74, 6) is 3.51. The van der Waals surface area contributed by atoms with Gasteiger partial charge in [0.1, 0.15) is 63.8 Å². The molecule has 0 unspecified atom stereocenters. The maximum atomic E-state index is 5.12. The Morgan fingerprint density at radius 3 is 2.05 bits per heavy atom. The van der Waals surface area contributed by atoms with Gasteiger partial charge in [-0.1, -0.05) is 42.5 Å². The van der Waals surface area contributed by atoms with Gasteiger partial charge in [0.25, 0.3) is 0 Å². The molecule has 20 nitrogen and oxygen atoms in total. The van der Waals surface area contributed by atoms with E-state index in [0.29, 0.717) is 13.3 Å². The van der Waals surface area contributed by atoms with Crippen LogP contribution in [0.1, 0.15) is 28.5 Å². The normalized spacial score (nSPS) is 17.9. The Balaban J connectivity index is 0.0000000993. The molecule has 0 bridgehead atoms. The van der Waals surface area contributed by atoms with Gasteiger partial charge in [-0.15, -0.1) is 23.5 Å². The number of allylic oxidation sites excluding steroid dienone is 10. The average molecular weight is 1300 g/mol. The number of ether oxygens (including phenoxy) is 6. The van der Waals surface area contributed by atoms with E-state index >= 15 is 0 Å². The molecule has 0 aliphatic carbocycles. The van der Waals surface area contributed by atoms with Crippen LogP contribution in [0.4, 0.5) is 0 Å². The molecule has 22 rings (SSSR count). The van der Waals surface area contributed by atoms with E-state index in [4.69, 9.17) is 28.4 Å². The molecule has 22 heteroatoms. The molecule has 0 N–H and O–H groups in total. The van der Waals surface area contributed by atoms with Crippen LogP contribution in [0.3, 0.4) is 0 Å². The number of rotatable bonds is 0. The molecule has 7 aromatic rings. The van der Waals surface area contributed by atoms with Crippen molar-refractivity contribution in [1.29, 1.82) is 0 Å². The Morgan fingerprint density at radius 2 is 1.21 bits per heavy atom. The highest BCUT2D eigenvalue weighted by molar-refractivity contribution is 8.02. The van der Waals surface area contributed by atoms with Crippen LogP contribution in [0.2, 0.25) is 0 Å². The summed E-state index contributed by atoms with van der Waals surface area (Å²) in [5, 5.41) is 2.21. The molecular weight excluding hydrogens is 1220 g/mol. The van der Waals surface area contributed by atoms with Gasteiger partial charge in [-0.2, -0.15) is 0 Å². The zero-order chi connectivity index (χ0) is 63.6. The fraction of sp³-hybridized carbons (Fsp3) is 0.181. The molecule has 480 valence electrons. The minimum Gasteiger partial charge on any atom is -0.493 e. The summed E-state index contributed by atoms with van der Waals surface area (Å²) in [6, 6.07) is 22.5. The van der Waals surface area contributed by atoms with E-state index in [1.165, 1.54) is 45.6 Å². The van der Waals surface area contributed by atoms with E-state index in [2.05, 4.69) is 126 Å². The Kier molecular flexibility index (Phi) is 22.6. The van der Waals surface area contributed by atoms with Crippen molar-refractivity contribution in [3.63, 3.8) is 0 Å². The number of thioether (sulfide) groups is 2. The number of imidazole rings is 2. The quantitative estimate of drug-likeness (QED) is 0.142. The summed E-state index contributed by atoms with van der Waals surface area (Å²) in [7, 11) is 0. The smallest absolute Gasteiger partial charge is 0.164 e. The second-order valence-electron chi connectivity index (χ2n) is 21.6. The SMILES string of the molecule is C1=CC2=COC=CN2C1.C1=CC2=COC=CN2C=C1.C1=CC2=COCN2C1.C1=CC2=COCN2C=C1.C1=CC2=CSCN2C1.C1=Cc2cncn2C1.C1=Cn2cccc2CO1.C1=NCn2cccc21.c1cc2n(c1)COC2.c1cc2n(c1)CSC2.c1ccn2cncc2c1. The third-order valence-corrected chi connectivity index (χ3v) is 17.1. The van der Waals surface area contributed by atoms with Crippen molar-refractivity contribution >= 4 is 47.5 Å². The highest BCUT2D eigenvalue weighted by Crippen LogP contribution is 2.27. The standard InChI is InChI=1S/C8H7NO.C7H6N2.3C7H7NO.2C6H6N2.2C6H7NO.2C6H7NS/c1-2-4-9-5-6-10-7-8(9)3-1;1-2-4-9-6-8-5-7(9)3-1;2*1-2-7-6-9-5-4-8(7)3-1;1-2-4-8-6-9-5-7(8)3-1;2*1-2-6-4-7-5-8(6)3-1;4*1-2-6-4-8-5-7(6)3-1/h1-7H;1-6H;1-2,4-6H,3H2;2*1-5H,6H2;1-2,4-5H,3H2;1-4H,5H2;1-2,4H,3,5H2;1-3H,4-5H2;1-2,4H,3,5H2;1-3H,4-5H2. The van der Waals surface area contributed by atoms with Crippen molar-refractivity contribution in [2.45, 2.75) is 44.8 Å². The molecule has 15 aliphatic rings. The average Bonchev–Trinajstić information content (AvgIpc) is 3.89. The summed E-state index contributed by atoms with van der Waals surface area (Å²) in [6.45, 7) is 8.55. The molecule has 0 spiro atoms. The summed E-state index contributed by atoms with van der Waals surface area (Å²) in [5.41, 5.74) is 13.5. The van der Waals surface area contributed by atoms with Gasteiger partial charge >= 0.3 is 0 Å². The molecule has 0 saturated carbocycles. The maximum Gasteiger partial charge on any atom is 0.164 e. The minimum atomic E-state index is 0.663. The van der Waals surface area contributed by atoms with E-state index in [1.54, 1.807) is 50.2 Å². The summed E-state index contributed by atoms with van der Waals surface area (Å²) >= 11 is 3.85. The van der Waals surface area contributed by atoms with E-state index in [0.717, 1.165) is 87.3 Å². The van der Waals surface area contributed by atoms with E-state index in [9.17, 15) is 0 Å². The van der Waals surface area contributed by atoms with Gasteiger partial charge in [0, 0.05) is 117 Å². The largest absolute Gasteiger partial charge is 0.493 e. The summed E-state index contributed by atoms with van der Waals surface area (Å²) in [6.07, 6.45) is 70.0. The highest BCUT2D eigenvalue weighted by atomic mass is 32.2. The van der Waals surface area contributed by atoms with Crippen LogP contribution < -0.4 is 0 Å². The van der Waals surface area contributed by atoms with E-state index in [1.807, 2.05) is 208 Å². The summed E-state index contributed by atoms with van der Waals surface area (Å²) in [4.78, 5) is 22.6. The fourth-order valence-corrected chi connectivity index (χ4v) is 12.2. The van der Waals surface area contributed by atoms with Gasteiger partial charge in [-0.05, 0) is 115 Å². The number of nitrogens with zero attached hydrogens (tertiary/aromatic N) is 14. The molecule has 0 radical (unpaired) electrons. The lowest BCUT2D eigenvalue weighted by molar-refractivity contribution is 0.108. The first kappa shape index (κ1) is 63.3. The fourth-order valence-electron chi connectivity index (χ4n) is 10.2. The van der Waals surface area contributed by atoms with Gasteiger partial charge in [0.2, 0.25) is 0 Å². The Hall–Kier alpha value is -10.8. The van der Waals surface area contributed by atoms with Crippen molar-refractivity contribution < 1.29 is 28.4 Å². The van der Waals surface area contributed by atoms with Gasteiger partial charge in [0.15, 0.2) is 13.5 Å². The predicted octanol–water partition coefficient (Wildman–Crippen LogP) is 13.4. The van der Waals surface area contributed by atoms with Gasteiger partial charge in [0.05, 0.1) is 88.8 Å². The van der Waals surface area contributed by atoms with E-state index < -0.39 is 0 Å². The monoisotopic (exact) mass is 1290 g/mol. The van der Waals surface area contributed by atoms with Crippen molar-refractivity contribution in [3.8, 4) is 0 Å². The summed E-state index contributed by atoms with van der Waals surface area (Å²) < 4.78 is 42.8. The first-order valence-corrected chi connectivity index (χ1v) is 32.9. The molecule has 94 heavy (non-hydrogen) atoms. The lowest BCUT2D eigenvalue weighted by Gasteiger charge is -2.20. The molecule has 7 aromatic heterocycles. The Morgan fingerprint density at radius 1 is 0.457 bits per heavy atom.